The molecule has 0 amide bonds. The van der Waals surface area contributed by atoms with Crippen molar-refractivity contribution in [1.82, 2.24) is 0 Å². The average Bonchev–Trinajstić information content (AvgIpc) is 2.90. The monoisotopic (exact) mass is 383 g/mol. The van der Waals surface area contributed by atoms with Gasteiger partial charge in [0.05, 0.1) is 16.6 Å². The lowest BCUT2D eigenvalue weighted by atomic mass is 10.00. The van der Waals surface area contributed by atoms with E-state index in [1.165, 1.54) is 6.92 Å². The van der Waals surface area contributed by atoms with Gasteiger partial charge in [-0.1, -0.05) is 66.7 Å². The van der Waals surface area contributed by atoms with E-state index in [0.717, 1.165) is 38.6 Å². The van der Waals surface area contributed by atoms with Crippen molar-refractivity contribution in [2.75, 3.05) is 0 Å². The molecule has 1 atom stereocenters. The van der Waals surface area contributed by atoms with Gasteiger partial charge in [-0.15, -0.1) is 11.8 Å². The molecule has 1 aliphatic heterocycles. The molecule has 4 heteroatoms. The summed E-state index contributed by atoms with van der Waals surface area (Å²) in [5, 5.41) is -0.0228. The summed E-state index contributed by atoms with van der Waals surface area (Å²) in [6, 6.07) is 26.5. The highest BCUT2D eigenvalue weighted by atomic mass is 32.2. The zero-order chi connectivity index (χ0) is 19.1. The molecule has 0 N–H and O–H groups in total. The molecule has 0 aromatic heterocycles. The van der Waals surface area contributed by atoms with E-state index in [0.29, 0.717) is 5.76 Å². The molecule has 1 unspecified atom stereocenters. The van der Waals surface area contributed by atoms with Crippen LogP contribution in [0.25, 0.3) is 5.76 Å². The number of rotatable bonds is 2. The van der Waals surface area contributed by atoms with Crippen molar-refractivity contribution in [3.63, 3.8) is 0 Å². The smallest absolute Gasteiger partial charge is 0.308 e. The molecular weight excluding hydrogens is 366 g/mol. The van der Waals surface area contributed by atoms with Crippen LogP contribution in [0.3, 0.4) is 0 Å². The third-order valence-corrected chi connectivity index (χ3v) is 6.22. The van der Waals surface area contributed by atoms with Gasteiger partial charge in [0, 0.05) is 28.5 Å². The predicted molar refractivity (Wildman–Crippen MR) is 113 cm³/mol. The number of aliphatic imine (C=N–C) groups is 1. The fourth-order valence-corrected chi connectivity index (χ4v) is 5.00. The maximum Gasteiger partial charge on any atom is 0.308 e. The minimum absolute atomic E-state index is 0.0228. The van der Waals surface area contributed by atoms with E-state index in [2.05, 4.69) is 18.2 Å². The van der Waals surface area contributed by atoms with E-state index >= 15 is 0 Å². The van der Waals surface area contributed by atoms with Crippen molar-refractivity contribution in [3.8, 4) is 0 Å². The topological polar surface area (TPSA) is 38.7 Å². The Kier molecular flexibility index (Phi) is 4.14. The average molecular weight is 383 g/mol. The van der Waals surface area contributed by atoms with E-state index in [-0.39, 0.29) is 11.2 Å². The van der Waals surface area contributed by atoms with Crippen LogP contribution in [-0.4, -0.2) is 11.7 Å². The summed E-state index contributed by atoms with van der Waals surface area (Å²) in [5.74, 6) is 0.299. The molecule has 1 heterocycles. The summed E-state index contributed by atoms with van der Waals surface area (Å²) in [6.45, 7) is 1.45. The Morgan fingerprint density at radius 1 is 0.893 bits per heavy atom. The van der Waals surface area contributed by atoms with Gasteiger partial charge < -0.3 is 4.74 Å². The minimum Gasteiger partial charge on any atom is -0.426 e. The molecule has 0 spiro atoms. The fourth-order valence-electron chi connectivity index (χ4n) is 3.72. The van der Waals surface area contributed by atoms with Crippen molar-refractivity contribution in [2.24, 2.45) is 4.99 Å². The van der Waals surface area contributed by atoms with Crippen molar-refractivity contribution in [2.45, 2.75) is 17.1 Å². The van der Waals surface area contributed by atoms with Gasteiger partial charge in [0.15, 0.2) is 0 Å². The largest absolute Gasteiger partial charge is 0.426 e. The van der Waals surface area contributed by atoms with Crippen molar-refractivity contribution < 1.29 is 9.53 Å². The Labute approximate surface area is 167 Å². The molecule has 3 nitrogen and oxygen atoms in total. The molecule has 3 aromatic carbocycles. The van der Waals surface area contributed by atoms with Crippen LogP contribution in [0.2, 0.25) is 0 Å². The summed E-state index contributed by atoms with van der Waals surface area (Å²) in [7, 11) is 0. The molecule has 0 fully saturated rings. The highest BCUT2D eigenvalue weighted by molar-refractivity contribution is 8.00. The second-order valence-electron chi connectivity index (χ2n) is 6.72. The van der Waals surface area contributed by atoms with Crippen LogP contribution < -0.4 is 0 Å². The quantitative estimate of drug-likeness (QED) is 0.514. The summed E-state index contributed by atoms with van der Waals surface area (Å²) >= 11 is 1.75. The molecule has 1 aliphatic carbocycles. The SMILES string of the molecule is CC(=O)OC1=C2C(=Nc3ccccc3SC2c2ccccc2)c2ccccc21. The van der Waals surface area contributed by atoms with Crippen LogP contribution in [0.1, 0.15) is 28.9 Å². The Morgan fingerprint density at radius 2 is 1.57 bits per heavy atom. The van der Waals surface area contributed by atoms with Gasteiger partial charge in [-0.25, -0.2) is 4.99 Å². The molecular formula is C24H17NO2S. The van der Waals surface area contributed by atoms with Gasteiger partial charge in [-0.2, -0.15) is 0 Å². The summed E-state index contributed by atoms with van der Waals surface area (Å²) < 4.78 is 5.76. The van der Waals surface area contributed by atoms with Crippen LogP contribution in [0, 0.1) is 0 Å². The number of hydrogen-bond acceptors (Lipinski definition) is 4. The first-order chi connectivity index (χ1) is 13.7. The summed E-state index contributed by atoms with van der Waals surface area (Å²) in [5.41, 5.74) is 5.88. The van der Waals surface area contributed by atoms with Crippen LogP contribution in [0.4, 0.5) is 5.69 Å². The molecule has 2 aliphatic rings. The summed E-state index contributed by atoms with van der Waals surface area (Å²) in [6.07, 6.45) is 0. The van der Waals surface area contributed by atoms with E-state index in [9.17, 15) is 4.79 Å². The van der Waals surface area contributed by atoms with Crippen LogP contribution in [-0.2, 0) is 9.53 Å². The number of thioether (sulfide) groups is 1. The van der Waals surface area contributed by atoms with Crippen molar-refractivity contribution in [3.05, 3.63) is 101 Å². The van der Waals surface area contributed by atoms with E-state index in [1.54, 1.807) is 11.8 Å². The van der Waals surface area contributed by atoms with Crippen LogP contribution in [0.5, 0.6) is 0 Å². The number of hydrogen-bond donors (Lipinski definition) is 0. The number of esters is 1. The standard InChI is InChI=1S/C24H17NO2S/c1-15(26)27-23-18-12-6-5-11-17(18)22-21(23)24(16-9-3-2-4-10-16)28-20-14-8-7-13-19(20)25-22/h2-14,24H,1H3. The minimum atomic E-state index is -0.322. The molecule has 136 valence electrons. The Balaban J connectivity index is 1.82. The van der Waals surface area contributed by atoms with Gasteiger partial charge in [0.1, 0.15) is 5.76 Å². The summed E-state index contributed by atoms with van der Waals surface area (Å²) in [4.78, 5) is 18.1. The highest BCUT2D eigenvalue weighted by Gasteiger charge is 2.38. The number of benzene rings is 3. The second kappa shape index (κ2) is 6.80. The van der Waals surface area contributed by atoms with E-state index in [1.807, 2.05) is 60.7 Å². The third kappa shape index (κ3) is 2.77. The zero-order valence-corrected chi connectivity index (χ0v) is 16.1. The number of para-hydroxylation sites is 1. The van der Waals surface area contributed by atoms with Gasteiger partial charge in [-0.05, 0) is 17.7 Å². The number of carbonyl (C=O) groups excluding carboxylic acids is 1. The third-order valence-electron chi connectivity index (χ3n) is 4.88. The van der Waals surface area contributed by atoms with E-state index in [4.69, 9.17) is 9.73 Å². The maximum atomic E-state index is 11.9. The highest BCUT2D eigenvalue weighted by Crippen LogP contribution is 2.52. The van der Waals surface area contributed by atoms with Crippen LogP contribution >= 0.6 is 11.8 Å². The molecule has 0 saturated heterocycles. The number of fused-ring (bicyclic) bond motifs is 4. The van der Waals surface area contributed by atoms with Gasteiger partial charge >= 0.3 is 5.97 Å². The maximum absolute atomic E-state index is 11.9. The predicted octanol–water partition coefficient (Wildman–Crippen LogP) is 5.94. The zero-order valence-electron chi connectivity index (χ0n) is 15.3. The number of nitrogens with zero attached hydrogens (tertiary/aromatic N) is 1. The Bertz CT molecular complexity index is 1150. The second-order valence-corrected chi connectivity index (χ2v) is 7.87. The lowest BCUT2D eigenvalue weighted by Gasteiger charge is -2.19. The lowest BCUT2D eigenvalue weighted by molar-refractivity contribution is -0.134. The number of carbonyl (C=O) groups is 1. The molecule has 0 radical (unpaired) electrons. The number of ether oxygens (including phenoxy) is 1. The van der Waals surface area contributed by atoms with Crippen molar-refractivity contribution >= 4 is 34.9 Å². The first-order valence-corrected chi connectivity index (χ1v) is 10.0. The first-order valence-electron chi connectivity index (χ1n) is 9.14. The molecule has 28 heavy (non-hydrogen) atoms. The Morgan fingerprint density at radius 3 is 2.36 bits per heavy atom. The lowest BCUT2D eigenvalue weighted by Crippen LogP contribution is -2.08. The molecule has 0 saturated carbocycles. The normalized spacial score (nSPS) is 17.2. The van der Waals surface area contributed by atoms with Gasteiger partial charge in [0.25, 0.3) is 0 Å². The molecule has 3 aromatic rings. The van der Waals surface area contributed by atoms with Gasteiger partial charge in [0.2, 0.25) is 0 Å². The molecule has 0 bridgehead atoms. The van der Waals surface area contributed by atoms with Crippen molar-refractivity contribution in [1.29, 1.82) is 0 Å². The van der Waals surface area contributed by atoms with Gasteiger partial charge in [-0.3, -0.25) is 4.79 Å². The van der Waals surface area contributed by atoms with E-state index < -0.39 is 0 Å². The molecule has 5 rings (SSSR count). The Hall–Kier alpha value is -3.11. The first kappa shape index (κ1) is 17.0. The fraction of sp³-hybridized carbons (Fsp3) is 0.0833. The van der Waals surface area contributed by atoms with Crippen LogP contribution in [0.15, 0.2) is 94.3 Å².